The second-order valence-electron chi connectivity index (χ2n) is 5.06. The summed E-state index contributed by atoms with van der Waals surface area (Å²) in [5.74, 6) is -0.804. The number of nitrogens with two attached hydrogens (primary N) is 1. The molecule has 110 valence electrons. The maximum absolute atomic E-state index is 14.2. The van der Waals surface area contributed by atoms with Crippen molar-refractivity contribution in [1.82, 2.24) is 0 Å². The summed E-state index contributed by atoms with van der Waals surface area (Å²) in [5.41, 5.74) is 6.29. The Kier molecular flexibility index (Phi) is 4.33. The molecule has 0 amide bonds. The number of benzene rings is 2. The average Bonchev–Trinajstić information content (AvgIpc) is 2.50. The van der Waals surface area contributed by atoms with Gasteiger partial charge in [-0.2, -0.15) is 4.39 Å². The second kappa shape index (κ2) is 6.01. The molecular weight excluding hydrogens is 271 g/mol. The number of nitro benzene ring substituents is 1. The van der Waals surface area contributed by atoms with Gasteiger partial charge in [-0.25, -0.2) is 0 Å². The van der Waals surface area contributed by atoms with Crippen molar-refractivity contribution in [3.8, 4) is 0 Å². The summed E-state index contributed by atoms with van der Waals surface area (Å²) in [5, 5.41) is 10.8. The molecule has 0 spiro atoms. The Balaban J connectivity index is 2.40. The zero-order chi connectivity index (χ0) is 15.5. The van der Waals surface area contributed by atoms with Crippen molar-refractivity contribution in [2.45, 2.75) is 25.3 Å². The Morgan fingerprint density at radius 1 is 1.19 bits per heavy atom. The first-order valence-electron chi connectivity index (χ1n) is 6.74. The summed E-state index contributed by atoms with van der Waals surface area (Å²) in [6, 6.07) is 13.6. The molecule has 1 atom stereocenters. The molecule has 2 rings (SSSR count). The Labute approximate surface area is 122 Å². The molecule has 2 aromatic rings. The molecule has 0 aromatic heterocycles. The van der Waals surface area contributed by atoms with E-state index in [1.54, 1.807) is 6.07 Å². The van der Waals surface area contributed by atoms with E-state index in [0.717, 1.165) is 11.6 Å². The molecule has 5 heteroatoms. The molecule has 4 nitrogen and oxygen atoms in total. The summed E-state index contributed by atoms with van der Waals surface area (Å²) >= 11 is 0. The average molecular weight is 288 g/mol. The van der Waals surface area contributed by atoms with E-state index < -0.39 is 22.0 Å². The van der Waals surface area contributed by atoms with Crippen LogP contribution in [0.2, 0.25) is 0 Å². The first-order valence-corrected chi connectivity index (χ1v) is 6.74. The van der Waals surface area contributed by atoms with Crippen molar-refractivity contribution < 1.29 is 9.31 Å². The van der Waals surface area contributed by atoms with Crippen molar-refractivity contribution in [2.24, 2.45) is 5.73 Å². The molecule has 21 heavy (non-hydrogen) atoms. The van der Waals surface area contributed by atoms with E-state index in [4.69, 9.17) is 5.73 Å². The normalized spacial score (nSPS) is 13.7. The number of nitrogens with zero attached hydrogens (tertiary/aromatic N) is 1. The van der Waals surface area contributed by atoms with Gasteiger partial charge < -0.3 is 5.73 Å². The second-order valence-corrected chi connectivity index (χ2v) is 5.06. The van der Waals surface area contributed by atoms with Crippen LogP contribution in [-0.4, -0.2) is 4.92 Å². The minimum absolute atomic E-state index is 0.209. The van der Waals surface area contributed by atoms with Crippen molar-refractivity contribution >= 4 is 5.69 Å². The maximum Gasteiger partial charge on any atom is 0.305 e. The summed E-state index contributed by atoms with van der Waals surface area (Å²) in [6.45, 7) is 1.92. The van der Waals surface area contributed by atoms with Crippen LogP contribution in [0.25, 0.3) is 0 Å². The third kappa shape index (κ3) is 3.08. The molecule has 0 saturated heterocycles. The lowest BCUT2D eigenvalue weighted by Crippen LogP contribution is -2.38. The topological polar surface area (TPSA) is 69.2 Å². The predicted molar refractivity (Wildman–Crippen MR) is 79.4 cm³/mol. The SMILES string of the molecule is CCC(N)(Cc1cccc([N+](=O)[O-])c1F)c1ccccc1. The minimum Gasteiger partial charge on any atom is -0.321 e. The molecule has 2 aromatic carbocycles. The quantitative estimate of drug-likeness (QED) is 0.675. The van der Waals surface area contributed by atoms with Crippen molar-refractivity contribution in [3.63, 3.8) is 0 Å². The molecule has 0 saturated carbocycles. The van der Waals surface area contributed by atoms with Crippen LogP contribution in [0.1, 0.15) is 24.5 Å². The standard InChI is InChI=1S/C16H17FN2O2/c1-2-16(18,13-8-4-3-5-9-13)11-12-7-6-10-14(15(12)17)19(20)21/h3-10H,2,11,18H2,1H3. The van der Waals surface area contributed by atoms with Gasteiger partial charge in [0.1, 0.15) is 0 Å². The maximum atomic E-state index is 14.2. The van der Waals surface area contributed by atoms with Crippen LogP contribution in [0, 0.1) is 15.9 Å². The Morgan fingerprint density at radius 2 is 1.86 bits per heavy atom. The fourth-order valence-electron chi connectivity index (χ4n) is 2.38. The highest BCUT2D eigenvalue weighted by atomic mass is 19.1. The van der Waals surface area contributed by atoms with Crippen LogP contribution in [0.4, 0.5) is 10.1 Å². The highest BCUT2D eigenvalue weighted by molar-refractivity contribution is 5.38. The molecule has 0 radical (unpaired) electrons. The molecule has 0 bridgehead atoms. The van der Waals surface area contributed by atoms with Gasteiger partial charge in [0.2, 0.25) is 5.82 Å². The van der Waals surface area contributed by atoms with Crippen molar-refractivity contribution in [2.75, 3.05) is 0 Å². The largest absolute Gasteiger partial charge is 0.321 e. The summed E-state index contributed by atoms with van der Waals surface area (Å²) in [6.07, 6.45) is 0.806. The molecule has 0 aliphatic heterocycles. The first-order chi connectivity index (χ1) is 9.98. The monoisotopic (exact) mass is 288 g/mol. The molecule has 0 heterocycles. The molecule has 2 N–H and O–H groups in total. The highest BCUT2D eigenvalue weighted by Gasteiger charge is 2.28. The number of hydrogen-bond acceptors (Lipinski definition) is 3. The summed E-state index contributed by atoms with van der Waals surface area (Å²) in [7, 11) is 0. The predicted octanol–water partition coefficient (Wildman–Crippen LogP) is 3.54. The summed E-state index contributed by atoms with van der Waals surface area (Å²) in [4.78, 5) is 10.1. The van der Waals surface area contributed by atoms with Gasteiger partial charge in [-0.05, 0) is 24.0 Å². The highest BCUT2D eigenvalue weighted by Crippen LogP contribution is 2.30. The van der Waals surface area contributed by atoms with E-state index in [-0.39, 0.29) is 12.0 Å². The van der Waals surface area contributed by atoms with Gasteiger partial charge in [0.15, 0.2) is 0 Å². The van der Waals surface area contributed by atoms with E-state index in [9.17, 15) is 14.5 Å². The van der Waals surface area contributed by atoms with Gasteiger partial charge in [-0.1, -0.05) is 49.4 Å². The molecule has 0 aliphatic rings. The minimum atomic E-state index is -0.804. The van der Waals surface area contributed by atoms with E-state index in [0.29, 0.717) is 6.42 Å². The van der Waals surface area contributed by atoms with Crippen molar-refractivity contribution in [1.29, 1.82) is 0 Å². The molecule has 1 unspecified atom stereocenters. The van der Waals surface area contributed by atoms with Gasteiger partial charge in [0, 0.05) is 11.6 Å². The fourth-order valence-corrected chi connectivity index (χ4v) is 2.38. The fraction of sp³-hybridized carbons (Fsp3) is 0.250. The number of nitro groups is 1. The van der Waals surface area contributed by atoms with Crippen LogP contribution in [0.3, 0.4) is 0 Å². The molecular formula is C16H17FN2O2. The Hall–Kier alpha value is -2.27. The number of hydrogen-bond donors (Lipinski definition) is 1. The zero-order valence-electron chi connectivity index (χ0n) is 11.8. The molecule has 0 fully saturated rings. The van der Waals surface area contributed by atoms with Crippen molar-refractivity contribution in [3.05, 3.63) is 75.6 Å². The summed E-state index contributed by atoms with van der Waals surface area (Å²) < 4.78 is 14.2. The van der Waals surface area contributed by atoms with E-state index in [1.165, 1.54) is 6.07 Å². The van der Waals surface area contributed by atoms with Gasteiger partial charge in [-0.15, -0.1) is 0 Å². The van der Waals surface area contributed by atoms with E-state index >= 15 is 0 Å². The third-order valence-electron chi connectivity index (χ3n) is 3.74. The lowest BCUT2D eigenvalue weighted by molar-refractivity contribution is -0.387. The number of rotatable bonds is 5. The van der Waals surface area contributed by atoms with E-state index in [1.807, 2.05) is 37.3 Å². The van der Waals surface area contributed by atoms with Gasteiger partial charge in [-0.3, -0.25) is 10.1 Å². The third-order valence-corrected chi connectivity index (χ3v) is 3.74. The first kappa shape index (κ1) is 15.1. The van der Waals surface area contributed by atoms with E-state index in [2.05, 4.69) is 0 Å². The Morgan fingerprint density at radius 3 is 2.43 bits per heavy atom. The molecule has 0 aliphatic carbocycles. The van der Waals surface area contributed by atoms with Crippen LogP contribution >= 0.6 is 0 Å². The Bertz CT molecular complexity index is 646. The smallest absolute Gasteiger partial charge is 0.305 e. The van der Waals surface area contributed by atoms with Gasteiger partial charge in [0.25, 0.3) is 0 Å². The lowest BCUT2D eigenvalue weighted by Gasteiger charge is -2.29. The zero-order valence-corrected chi connectivity index (χ0v) is 11.8. The van der Waals surface area contributed by atoms with Gasteiger partial charge in [0.05, 0.1) is 4.92 Å². The van der Waals surface area contributed by atoms with Crippen LogP contribution < -0.4 is 5.73 Å². The number of halogens is 1. The van der Waals surface area contributed by atoms with Crippen LogP contribution in [0.5, 0.6) is 0 Å². The van der Waals surface area contributed by atoms with Crippen LogP contribution in [-0.2, 0) is 12.0 Å². The van der Waals surface area contributed by atoms with Crippen LogP contribution in [0.15, 0.2) is 48.5 Å². The lowest BCUT2D eigenvalue weighted by atomic mass is 9.82. The van der Waals surface area contributed by atoms with Gasteiger partial charge >= 0.3 is 5.69 Å².